The first-order valence-electron chi connectivity index (χ1n) is 20.1. The molecule has 0 aromatic heterocycles. The molecule has 0 spiro atoms. The first kappa shape index (κ1) is 57.6. The summed E-state index contributed by atoms with van der Waals surface area (Å²) in [6.07, 6.45) is 6.14. The van der Waals surface area contributed by atoms with Crippen LogP contribution < -0.4 is 0 Å². The fraction of sp³-hybridized carbons (Fsp3) is 0.929. The fourth-order valence-electron chi connectivity index (χ4n) is 3.11. The minimum Gasteiger partial charge on any atom is -0.430 e. The van der Waals surface area contributed by atoms with Crippen LogP contribution >= 0.6 is 0 Å². The van der Waals surface area contributed by atoms with E-state index < -0.39 is 0 Å². The number of nitrogens with zero attached hydrogens (tertiary/aromatic N) is 9. The second-order valence-electron chi connectivity index (χ2n) is 17.6. The monoisotopic (exact) mass is 810 g/mol. The van der Waals surface area contributed by atoms with Gasteiger partial charge in [0.15, 0.2) is 0 Å². The number of rotatable bonds is 15. The number of hydrogen-bond acceptors (Lipinski definition) is 3. The summed E-state index contributed by atoms with van der Waals surface area (Å²) in [5, 5.41) is 14.4. The molecule has 0 heterocycles. The Balaban J connectivity index is -0.000000329. The van der Waals surface area contributed by atoms with Crippen molar-refractivity contribution in [3.8, 4) is 0 Å². The molecule has 0 aromatic rings. The average Bonchev–Trinajstić information content (AvgIpc) is 3.06. The molecule has 0 aromatic carbocycles. The third kappa shape index (κ3) is 26.6. The topological polar surface area (TPSA) is 89.1 Å². The van der Waals surface area contributed by atoms with Crippen molar-refractivity contribution in [3.63, 3.8) is 0 Å². The Hall–Kier alpha value is -1.09. The molecule has 0 atom stereocenters. The van der Waals surface area contributed by atoms with Gasteiger partial charge >= 0.3 is 32.7 Å². The molecule has 0 N–H and O–H groups in total. The zero-order chi connectivity index (χ0) is 41.1. The molecule has 306 valence electrons. The summed E-state index contributed by atoms with van der Waals surface area (Å²) in [4.78, 5) is 20.8. The minimum absolute atomic E-state index is 0. The van der Waals surface area contributed by atoms with Crippen LogP contribution in [-0.4, -0.2) is 107 Å². The van der Waals surface area contributed by atoms with Gasteiger partial charge in [0, 0.05) is 17.9 Å². The maximum absolute atomic E-state index is 4.81. The van der Waals surface area contributed by atoms with Crippen molar-refractivity contribution in [1.29, 1.82) is 0 Å². The van der Waals surface area contributed by atoms with Gasteiger partial charge in [0.2, 0.25) is 0 Å². The van der Waals surface area contributed by atoms with E-state index in [-0.39, 0.29) is 65.9 Å². The van der Waals surface area contributed by atoms with Gasteiger partial charge in [-0.15, -0.1) is 0 Å². The first-order chi connectivity index (χ1) is 23.0. The molecule has 10 heteroatoms. The zero-order valence-electron chi connectivity index (χ0n) is 39.5. The molecule has 0 rings (SSSR count). The summed E-state index contributed by atoms with van der Waals surface area (Å²) in [5.41, 5.74) is -0.214. The second-order valence-corrected chi connectivity index (χ2v) is 17.6. The maximum atomic E-state index is 4.81. The Labute approximate surface area is 352 Å². The summed E-state index contributed by atoms with van der Waals surface area (Å²) in [6, 6.07) is 0. The van der Waals surface area contributed by atoms with Crippen molar-refractivity contribution >= 4 is 17.9 Å². The molecule has 0 bridgehead atoms. The summed E-state index contributed by atoms with van der Waals surface area (Å²) in [7, 11) is 6.17. The van der Waals surface area contributed by atoms with Crippen LogP contribution in [0.4, 0.5) is 0 Å². The van der Waals surface area contributed by atoms with Gasteiger partial charge in [-0.1, -0.05) is 145 Å². The normalized spacial score (nSPS) is 13.5. The summed E-state index contributed by atoms with van der Waals surface area (Å²) in [5.74, 6) is 2.64. The largest absolute Gasteiger partial charge is 3.00 e. The Morgan fingerprint density at radius 3 is 0.654 bits per heavy atom. The van der Waals surface area contributed by atoms with E-state index in [0.29, 0.717) is 0 Å². The Morgan fingerprint density at radius 1 is 0.365 bits per heavy atom. The predicted molar refractivity (Wildman–Crippen MR) is 234 cm³/mol. The van der Waals surface area contributed by atoms with Crippen molar-refractivity contribution in [3.05, 3.63) is 16.0 Å². The van der Waals surface area contributed by atoms with E-state index in [4.69, 9.17) is 30.9 Å². The van der Waals surface area contributed by atoms with Gasteiger partial charge in [-0.3, -0.25) is 0 Å². The van der Waals surface area contributed by atoms with Crippen molar-refractivity contribution in [1.82, 2.24) is 14.7 Å². The van der Waals surface area contributed by atoms with Crippen LogP contribution in [0.15, 0.2) is 15.0 Å². The van der Waals surface area contributed by atoms with Crippen molar-refractivity contribution in [2.45, 2.75) is 217 Å². The molecule has 0 aliphatic rings. The van der Waals surface area contributed by atoms with Gasteiger partial charge < -0.3 is 45.6 Å². The third-order valence-electron chi connectivity index (χ3n) is 10.1. The van der Waals surface area contributed by atoms with Gasteiger partial charge in [-0.25, -0.2) is 0 Å². The molecule has 0 radical (unpaired) electrons. The Bertz CT molecular complexity index is 898. The Morgan fingerprint density at radius 2 is 0.538 bits per heavy atom. The molecule has 9 nitrogen and oxygen atoms in total. The van der Waals surface area contributed by atoms with Gasteiger partial charge in [-0.2, -0.15) is 0 Å². The van der Waals surface area contributed by atoms with E-state index in [1.807, 2.05) is 0 Å². The van der Waals surface area contributed by atoms with E-state index >= 15 is 0 Å². The summed E-state index contributed by atoms with van der Waals surface area (Å²) in [6.45, 7) is 48.1. The van der Waals surface area contributed by atoms with E-state index in [9.17, 15) is 0 Å². The molecule has 0 aliphatic heterocycles. The van der Waals surface area contributed by atoms with Gasteiger partial charge in [0.05, 0.1) is 0 Å². The van der Waals surface area contributed by atoms with Gasteiger partial charge in [0.1, 0.15) is 0 Å². The average molecular weight is 810 g/mol. The summed E-state index contributed by atoms with van der Waals surface area (Å²) >= 11 is 0. The van der Waals surface area contributed by atoms with Crippen molar-refractivity contribution in [2.24, 2.45) is 15.0 Å². The van der Waals surface area contributed by atoms with E-state index in [0.717, 1.165) is 76.0 Å². The third-order valence-corrected chi connectivity index (χ3v) is 10.1. The van der Waals surface area contributed by atoms with E-state index in [1.54, 1.807) is 0 Å². The van der Waals surface area contributed by atoms with Crippen molar-refractivity contribution < 1.29 is 32.7 Å². The minimum atomic E-state index is -0.0356. The standard InChI is InChI=1S/3C14H30N3.Y/c3*1-9-13(4,5)15-12(17(8)11-3)16-14(6,7)10-2;/h3*9-11H2,1-8H3;/q3*-1;+3. The number of hydrogen-bond donors (Lipinski definition) is 0. The quantitative estimate of drug-likeness (QED) is 0.122. The first-order valence-corrected chi connectivity index (χ1v) is 20.1. The van der Waals surface area contributed by atoms with Crippen LogP contribution in [0.5, 0.6) is 0 Å². The van der Waals surface area contributed by atoms with Crippen LogP contribution in [-0.2, 0) is 32.7 Å². The molecule has 0 unspecified atom stereocenters. The van der Waals surface area contributed by atoms with Gasteiger partial charge in [0.25, 0.3) is 0 Å². The molecular formula is C42H90N9Y. The predicted octanol–water partition coefficient (Wildman–Crippen LogP) is 12.1. The summed E-state index contributed by atoms with van der Waals surface area (Å²) < 4.78 is 0. The SMILES string of the molecule is CCN(C)C(=NC(C)(C)CC)[N-]C(C)(C)CC.CCN(C)C(=NC(C)(C)CC)[N-]C(C)(C)CC.CCN(C)C(=NC(C)(C)CC)[N-]C(C)(C)CC.[Y+3]. The molecule has 52 heavy (non-hydrogen) atoms. The fourth-order valence-corrected chi connectivity index (χ4v) is 3.11. The van der Waals surface area contributed by atoms with Crippen LogP contribution in [0.3, 0.4) is 0 Å². The molecule has 0 fully saturated rings. The zero-order valence-corrected chi connectivity index (χ0v) is 42.3. The number of aliphatic imine (C=N–C) groups is 3. The Kier molecular flexibility index (Phi) is 28.7. The van der Waals surface area contributed by atoms with Crippen LogP contribution in [0.2, 0.25) is 0 Å². The smallest absolute Gasteiger partial charge is 0.430 e. The van der Waals surface area contributed by atoms with Crippen molar-refractivity contribution in [2.75, 3.05) is 40.8 Å². The van der Waals surface area contributed by atoms with Crippen LogP contribution in [0.25, 0.3) is 16.0 Å². The molecular weight excluding hydrogens is 719 g/mol. The van der Waals surface area contributed by atoms with E-state index in [2.05, 4.69) is 181 Å². The molecule has 0 saturated heterocycles. The molecule has 0 amide bonds. The van der Waals surface area contributed by atoms with Gasteiger partial charge in [-0.05, 0) is 113 Å². The van der Waals surface area contributed by atoms with Crippen LogP contribution in [0, 0.1) is 0 Å². The second kappa shape index (κ2) is 25.9. The molecule has 0 saturated carbocycles. The maximum Gasteiger partial charge on any atom is 3.00 e. The molecule has 0 aliphatic carbocycles. The van der Waals surface area contributed by atoms with E-state index in [1.165, 1.54) is 0 Å². The van der Waals surface area contributed by atoms with Crippen LogP contribution in [0.1, 0.15) is 184 Å². The number of guanidine groups is 3.